The molecule has 1 amide bonds. The van der Waals surface area contributed by atoms with E-state index in [2.05, 4.69) is 0 Å². The minimum absolute atomic E-state index is 0. The number of amides is 1. The zero-order valence-electron chi connectivity index (χ0n) is 10.6. The number of sulfonamides is 1. The minimum Gasteiger partial charge on any atom is -0.318 e. The predicted molar refractivity (Wildman–Crippen MR) is 77.3 cm³/mol. The maximum atomic E-state index is 12.0. The largest absolute Gasteiger partial charge is 0.318 e. The number of halogens is 1. The van der Waals surface area contributed by atoms with Gasteiger partial charge in [0.2, 0.25) is 15.9 Å². The number of nitrogens with zero attached hydrogens (tertiary/aromatic N) is 2. The van der Waals surface area contributed by atoms with Crippen LogP contribution in [0.25, 0.3) is 0 Å². The van der Waals surface area contributed by atoms with Gasteiger partial charge in [-0.05, 0) is 12.1 Å². The monoisotopic (exact) mass is 305 g/mol. The Bertz CT molecular complexity index is 591. The Hall–Kier alpha value is -1.31. The maximum absolute atomic E-state index is 12.0. The van der Waals surface area contributed by atoms with Gasteiger partial charge in [0.25, 0.3) is 0 Å². The van der Waals surface area contributed by atoms with E-state index in [1.165, 1.54) is 9.21 Å². The van der Waals surface area contributed by atoms with Crippen molar-refractivity contribution in [2.24, 2.45) is 5.73 Å². The minimum atomic E-state index is -3.47. The summed E-state index contributed by atoms with van der Waals surface area (Å²) < 4.78 is 24.8. The van der Waals surface area contributed by atoms with Crippen LogP contribution in [0.3, 0.4) is 0 Å². The summed E-state index contributed by atoms with van der Waals surface area (Å²) >= 11 is 0. The molecule has 0 aromatic heterocycles. The van der Waals surface area contributed by atoms with Crippen molar-refractivity contribution in [3.8, 4) is 0 Å². The van der Waals surface area contributed by atoms with E-state index in [4.69, 9.17) is 5.73 Å². The summed E-state index contributed by atoms with van der Waals surface area (Å²) in [6.07, 6.45) is 1.10. The van der Waals surface area contributed by atoms with Crippen LogP contribution >= 0.6 is 12.4 Å². The van der Waals surface area contributed by atoms with Crippen LogP contribution in [0.1, 0.15) is 0 Å². The summed E-state index contributed by atoms with van der Waals surface area (Å²) in [7, 11) is -1.88. The highest BCUT2D eigenvalue weighted by Crippen LogP contribution is 2.32. The van der Waals surface area contributed by atoms with Crippen LogP contribution < -0.4 is 14.9 Å². The molecule has 0 fully saturated rings. The number of fused-ring (bicyclic) bond motifs is 1. The van der Waals surface area contributed by atoms with Crippen LogP contribution in [-0.4, -0.2) is 40.2 Å². The molecule has 1 aliphatic rings. The fourth-order valence-electron chi connectivity index (χ4n) is 2.00. The summed E-state index contributed by atoms with van der Waals surface area (Å²) in [6, 6.07) is 5.98. The molecular weight excluding hydrogens is 290 g/mol. The average Bonchev–Trinajstić information content (AvgIpc) is 2.40. The van der Waals surface area contributed by atoms with Crippen molar-refractivity contribution in [1.82, 2.24) is 0 Å². The number of carbonyl (C=O) groups is 1. The van der Waals surface area contributed by atoms with Gasteiger partial charge < -0.3 is 10.6 Å². The Morgan fingerprint density at radius 3 is 2.32 bits per heavy atom. The Labute approximate surface area is 118 Å². The molecule has 1 aromatic rings. The zero-order valence-corrected chi connectivity index (χ0v) is 12.2. The van der Waals surface area contributed by atoms with Crippen molar-refractivity contribution in [3.05, 3.63) is 24.3 Å². The first-order valence-electron chi connectivity index (χ1n) is 5.42. The standard InChI is InChI=1S/C11H15N3O3S.ClH/c1-13-9-5-3-4-6-10(9)14(18(2,16)17)7-8(12)11(13)15;/h3-6,8H,7,12H2,1-2H3;1H. The molecule has 1 aromatic carbocycles. The van der Waals surface area contributed by atoms with Gasteiger partial charge >= 0.3 is 0 Å². The molecule has 2 N–H and O–H groups in total. The van der Waals surface area contributed by atoms with Gasteiger partial charge in [-0.25, -0.2) is 8.42 Å². The zero-order chi connectivity index (χ0) is 13.5. The third-order valence-electron chi connectivity index (χ3n) is 2.92. The number of benzene rings is 1. The molecule has 0 bridgehead atoms. The van der Waals surface area contributed by atoms with E-state index in [0.717, 1.165) is 6.26 Å². The van der Waals surface area contributed by atoms with Crippen LogP contribution in [0.15, 0.2) is 24.3 Å². The normalized spacial score (nSPS) is 19.5. The number of rotatable bonds is 1. The van der Waals surface area contributed by atoms with Gasteiger partial charge in [0, 0.05) is 7.05 Å². The number of hydrogen-bond acceptors (Lipinski definition) is 4. The van der Waals surface area contributed by atoms with Crippen molar-refractivity contribution >= 4 is 39.7 Å². The number of hydrogen-bond donors (Lipinski definition) is 1. The first-order valence-corrected chi connectivity index (χ1v) is 7.27. The first kappa shape index (κ1) is 15.7. The average molecular weight is 306 g/mol. The Kier molecular flexibility index (Phi) is 4.44. The molecule has 0 saturated carbocycles. The second-order valence-corrected chi connectivity index (χ2v) is 6.19. The molecule has 1 heterocycles. The second kappa shape index (κ2) is 5.36. The van der Waals surface area contributed by atoms with E-state index in [1.807, 2.05) is 0 Å². The molecule has 6 nitrogen and oxygen atoms in total. The lowest BCUT2D eigenvalue weighted by molar-refractivity contribution is -0.119. The van der Waals surface area contributed by atoms with E-state index < -0.39 is 16.1 Å². The number of para-hydroxylation sites is 2. The topological polar surface area (TPSA) is 83.7 Å². The van der Waals surface area contributed by atoms with Gasteiger partial charge in [-0.1, -0.05) is 12.1 Å². The van der Waals surface area contributed by atoms with Crippen molar-refractivity contribution < 1.29 is 13.2 Å². The summed E-state index contributed by atoms with van der Waals surface area (Å²) in [6.45, 7) is -0.0426. The van der Waals surface area contributed by atoms with Gasteiger partial charge in [0.15, 0.2) is 0 Å². The van der Waals surface area contributed by atoms with Gasteiger partial charge in [-0.2, -0.15) is 0 Å². The summed E-state index contributed by atoms with van der Waals surface area (Å²) in [5.74, 6) is -0.298. The molecule has 0 saturated heterocycles. The molecule has 1 atom stereocenters. The third kappa shape index (κ3) is 2.83. The molecule has 1 aliphatic heterocycles. The first-order chi connectivity index (χ1) is 8.32. The Balaban J connectivity index is 0.00000180. The van der Waals surface area contributed by atoms with E-state index in [1.54, 1.807) is 31.3 Å². The molecule has 19 heavy (non-hydrogen) atoms. The highest BCUT2D eigenvalue weighted by atomic mass is 35.5. The lowest BCUT2D eigenvalue weighted by atomic mass is 10.2. The van der Waals surface area contributed by atoms with E-state index >= 15 is 0 Å². The van der Waals surface area contributed by atoms with Crippen molar-refractivity contribution in [3.63, 3.8) is 0 Å². The highest BCUT2D eigenvalue weighted by molar-refractivity contribution is 7.92. The van der Waals surface area contributed by atoms with Gasteiger partial charge in [0.1, 0.15) is 6.04 Å². The maximum Gasteiger partial charge on any atom is 0.245 e. The Morgan fingerprint density at radius 2 is 1.79 bits per heavy atom. The number of anilines is 2. The fourth-order valence-corrected chi connectivity index (χ4v) is 2.94. The van der Waals surface area contributed by atoms with Gasteiger partial charge in [-0.15, -0.1) is 12.4 Å². The quantitative estimate of drug-likeness (QED) is 0.802. The lowest BCUT2D eigenvalue weighted by Gasteiger charge is -2.23. The molecule has 0 spiro atoms. The fraction of sp³-hybridized carbons (Fsp3) is 0.364. The van der Waals surface area contributed by atoms with Crippen LogP contribution in [0.5, 0.6) is 0 Å². The van der Waals surface area contributed by atoms with Gasteiger partial charge in [-0.3, -0.25) is 9.10 Å². The summed E-state index contributed by atoms with van der Waals surface area (Å²) in [4.78, 5) is 13.4. The molecule has 106 valence electrons. The smallest absolute Gasteiger partial charge is 0.245 e. The van der Waals surface area contributed by atoms with Crippen molar-refractivity contribution in [1.29, 1.82) is 0 Å². The molecule has 8 heteroatoms. The molecule has 0 aliphatic carbocycles. The van der Waals surface area contributed by atoms with Crippen LogP contribution in [0, 0.1) is 0 Å². The summed E-state index contributed by atoms with van der Waals surface area (Å²) in [5, 5.41) is 0. The van der Waals surface area contributed by atoms with E-state index in [-0.39, 0.29) is 24.9 Å². The van der Waals surface area contributed by atoms with Crippen LogP contribution in [0.2, 0.25) is 0 Å². The van der Waals surface area contributed by atoms with Crippen LogP contribution in [0.4, 0.5) is 11.4 Å². The van der Waals surface area contributed by atoms with E-state index in [9.17, 15) is 13.2 Å². The SMILES string of the molecule is CN1C(=O)C(N)CN(S(C)(=O)=O)c2ccccc21.Cl. The van der Waals surface area contributed by atoms with Crippen LogP contribution in [-0.2, 0) is 14.8 Å². The third-order valence-corrected chi connectivity index (χ3v) is 4.07. The number of likely N-dealkylation sites (N-methyl/N-ethyl adjacent to an activating group) is 1. The molecule has 0 radical (unpaired) electrons. The lowest BCUT2D eigenvalue weighted by Crippen LogP contribution is -2.47. The van der Waals surface area contributed by atoms with E-state index in [0.29, 0.717) is 11.4 Å². The molecule has 2 rings (SSSR count). The number of nitrogens with two attached hydrogens (primary N) is 1. The summed E-state index contributed by atoms with van der Waals surface area (Å²) in [5.41, 5.74) is 6.76. The van der Waals surface area contributed by atoms with Crippen molar-refractivity contribution in [2.75, 3.05) is 29.1 Å². The van der Waals surface area contributed by atoms with Crippen molar-refractivity contribution in [2.45, 2.75) is 6.04 Å². The Morgan fingerprint density at radius 1 is 1.26 bits per heavy atom. The van der Waals surface area contributed by atoms with Gasteiger partial charge in [0.05, 0.1) is 24.2 Å². The second-order valence-electron chi connectivity index (χ2n) is 4.29. The molecular formula is C11H16ClN3O3S. The predicted octanol–water partition coefficient (Wildman–Crippen LogP) is 0.178. The highest BCUT2D eigenvalue weighted by Gasteiger charge is 2.32. The molecule has 1 unspecified atom stereocenters. The number of carbonyl (C=O) groups excluding carboxylic acids is 1.